The number of fused-ring (bicyclic) bond motifs is 1. The molecule has 0 aliphatic carbocycles. The standard InChI is InChI=1S/C20H24N2O3/c1-24-18-11-16-12-21(13-17-8-5-9-25-17)19(20(23)22(16)14-18)10-15-6-3-2-4-7-15/h2-9,16,18-19H,10-14H2,1H3/t16-,18-,19-/m0/s1. The molecule has 1 aromatic heterocycles. The van der Waals surface area contributed by atoms with Crippen molar-refractivity contribution in [2.24, 2.45) is 0 Å². The van der Waals surface area contributed by atoms with E-state index in [1.165, 1.54) is 5.56 Å². The van der Waals surface area contributed by atoms with Crippen LogP contribution in [-0.2, 0) is 22.5 Å². The van der Waals surface area contributed by atoms with Gasteiger partial charge in [-0.05, 0) is 30.5 Å². The van der Waals surface area contributed by atoms with Crippen LogP contribution in [0.5, 0.6) is 0 Å². The summed E-state index contributed by atoms with van der Waals surface area (Å²) in [5.74, 6) is 1.12. The summed E-state index contributed by atoms with van der Waals surface area (Å²) < 4.78 is 11.0. The first-order chi connectivity index (χ1) is 12.2. The minimum atomic E-state index is -0.153. The average molecular weight is 340 g/mol. The van der Waals surface area contributed by atoms with E-state index in [1.54, 1.807) is 13.4 Å². The van der Waals surface area contributed by atoms with Gasteiger partial charge in [0.25, 0.3) is 0 Å². The Morgan fingerprint density at radius 3 is 2.72 bits per heavy atom. The van der Waals surface area contributed by atoms with Crippen LogP contribution >= 0.6 is 0 Å². The Morgan fingerprint density at radius 1 is 1.16 bits per heavy atom. The van der Waals surface area contributed by atoms with E-state index < -0.39 is 0 Å². The van der Waals surface area contributed by atoms with Gasteiger partial charge in [0.2, 0.25) is 5.91 Å². The minimum Gasteiger partial charge on any atom is -0.468 e. The molecule has 2 aromatic rings. The fourth-order valence-electron chi connectivity index (χ4n) is 4.06. The summed E-state index contributed by atoms with van der Waals surface area (Å²) in [5.41, 5.74) is 1.19. The number of carbonyl (C=O) groups is 1. The number of hydrogen-bond acceptors (Lipinski definition) is 4. The van der Waals surface area contributed by atoms with Gasteiger partial charge in [-0.1, -0.05) is 30.3 Å². The molecule has 1 amide bonds. The van der Waals surface area contributed by atoms with E-state index in [2.05, 4.69) is 17.0 Å². The van der Waals surface area contributed by atoms with Crippen LogP contribution in [0.1, 0.15) is 17.7 Å². The molecule has 2 fully saturated rings. The molecule has 2 aliphatic heterocycles. The van der Waals surface area contributed by atoms with E-state index in [4.69, 9.17) is 9.15 Å². The zero-order valence-corrected chi connectivity index (χ0v) is 14.5. The summed E-state index contributed by atoms with van der Waals surface area (Å²) in [7, 11) is 1.73. The lowest BCUT2D eigenvalue weighted by Gasteiger charge is -2.42. The predicted molar refractivity (Wildman–Crippen MR) is 94.0 cm³/mol. The average Bonchev–Trinajstić information content (AvgIpc) is 3.29. The molecule has 2 aliphatic rings. The number of benzene rings is 1. The van der Waals surface area contributed by atoms with Crippen LogP contribution < -0.4 is 0 Å². The maximum absolute atomic E-state index is 13.2. The first-order valence-electron chi connectivity index (χ1n) is 8.88. The van der Waals surface area contributed by atoms with Gasteiger partial charge in [-0.3, -0.25) is 9.69 Å². The van der Waals surface area contributed by atoms with Crippen molar-refractivity contribution in [2.45, 2.75) is 37.6 Å². The van der Waals surface area contributed by atoms with Crippen molar-refractivity contribution in [3.05, 3.63) is 60.1 Å². The van der Waals surface area contributed by atoms with Gasteiger partial charge in [0.15, 0.2) is 0 Å². The van der Waals surface area contributed by atoms with Crippen LogP contribution in [0.25, 0.3) is 0 Å². The van der Waals surface area contributed by atoms with E-state index in [0.29, 0.717) is 13.1 Å². The minimum absolute atomic E-state index is 0.148. The highest BCUT2D eigenvalue weighted by atomic mass is 16.5. The van der Waals surface area contributed by atoms with Gasteiger partial charge in [0.1, 0.15) is 5.76 Å². The number of hydrogen-bond donors (Lipinski definition) is 0. The molecule has 2 saturated heterocycles. The fraction of sp³-hybridized carbons (Fsp3) is 0.450. The molecule has 0 unspecified atom stereocenters. The smallest absolute Gasteiger partial charge is 0.240 e. The molecule has 0 saturated carbocycles. The summed E-state index contributed by atoms with van der Waals surface area (Å²) in [4.78, 5) is 17.5. The molecule has 25 heavy (non-hydrogen) atoms. The summed E-state index contributed by atoms with van der Waals surface area (Å²) in [6.45, 7) is 2.24. The second-order valence-electron chi connectivity index (χ2n) is 6.95. The SMILES string of the molecule is CO[C@H]1C[C@H]2CN(Cc3ccco3)[C@@H](Cc3ccccc3)C(=O)N2C1. The molecule has 3 heterocycles. The summed E-state index contributed by atoms with van der Waals surface area (Å²) >= 11 is 0. The van der Waals surface area contributed by atoms with Crippen molar-refractivity contribution < 1.29 is 13.9 Å². The topological polar surface area (TPSA) is 45.9 Å². The van der Waals surface area contributed by atoms with E-state index in [1.807, 2.05) is 35.2 Å². The second kappa shape index (κ2) is 7.02. The lowest BCUT2D eigenvalue weighted by molar-refractivity contribution is -0.144. The quantitative estimate of drug-likeness (QED) is 0.838. The van der Waals surface area contributed by atoms with Crippen LogP contribution in [-0.4, -0.2) is 54.1 Å². The van der Waals surface area contributed by atoms with Crippen molar-refractivity contribution in [3.8, 4) is 0 Å². The van der Waals surface area contributed by atoms with Crippen LogP contribution in [0.15, 0.2) is 53.1 Å². The molecular formula is C20H24N2O3. The monoisotopic (exact) mass is 340 g/mol. The molecule has 3 atom stereocenters. The van der Waals surface area contributed by atoms with E-state index in [9.17, 15) is 4.79 Å². The Morgan fingerprint density at radius 2 is 2.00 bits per heavy atom. The first-order valence-corrected chi connectivity index (χ1v) is 8.88. The van der Waals surface area contributed by atoms with E-state index in [0.717, 1.165) is 25.1 Å². The Balaban J connectivity index is 1.58. The summed E-state index contributed by atoms with van der Waals surface area (Å²) in [6.07, 6.45) is 3.47. The molecule has 132 valence electrons. The Hall–Kier alpha value is -2.11. The molecule has 5 heteroatoms. The maximum Gasteiger partial charge on any atom is 0.240 e. The molecule has 0 radical (unpaired) electrons. The molecule has 4 rings (SSSR count). The molecule has 0 bridgehead atoms. The van der Waals surface area contributed by atoms with Gasteiger partial charge in [-0.2, -0.15) is 0 Å². The van der Waals surface area contributed by atoms with Crippen LogP contribution in [0.2, 0.25) is 0 Å². The highest BCUT2D eigenvalue weighted by molar-refractivity contribution is 5.83. The summed E-state index contributed by atoms with van der Waals surface area (Å²) in [5, 5.41) is 0. The largest absolute Gasteiger partial charge is 0.468 e. The predicted octanol–water partition coefficient (Wildman–Crippen LogP) is 2.32. The van der Waals surface area contributed by atoms with Crippen LogP contribution in [0, 0.1) is 0 Å². The number of amides is 1. The third-order valence-corrected chi connectivity index (χ3v) is 5.37. The molecule has 5 nitrogen and oxygen atoms in total. The highest BCUT2D eigenvalue weighted by Gasteiger charge is 2.45. The Bertz CT molecular complexity index is 701. The second-order valence-corrected chi connectivity index (χ2v) is 6.95. The Kier molecular flexibility index (Phi) is 4.59. The number of carbonyl (C=O) groups excluding carboxylic acids is 1. The van der Waals surface area contributed by atoms with Gasteiger partial charge in [0.05, 0.1) is 25.0 Å². The summed E-state index contributed by atoms with van der Waals surface area (Å²) in [6, 6.07) is 14.2. The fourth-order valence-corrected chi connectivity index (χ4v) is 4.06. The number of furan rings is 1. The highest BCUT2D eigenvalue weighted by Crippen LogP contribution is 2.29. The maximum atomic E-state index is 13.2. The van der Waals surface area contributed by atoms with Crippen molar-refractivity contribution in [1.82, 2.24) is 9.80 Å². The van der Waals surface area contributed by atoms with Gasteiger partial charge in [0, 0.05) is 26.2 Å². The zero-order chi connectivity index (χ0) is 17.2. The van der Waals surface area contributed by atoms with Gasteiger partial charge in [-0.15, -0.1) is 0 Å². The van der Waals surface area contributed by atoms with Crippen LogP contribution in [0.4, 0.5) is 0 Å². The Labute approximate surface area is 148 Å². The molecule has 0 N–H and O–H groups in total. The van der Waals surface area contributed by atoms with E-state index in [-0.39, 0.29) is 24.1 Å². The lowest BCUT2D eigenvalue weighted by Crippen LogP contribution is -2.59. The number of nitrogens with zero attached hydrogens (tertiary/aromatic N) is 2. The van der Waals surface area contributed by atoms with Gasteiger partial charge >= 0.3 is 0 Å². The zero-order valence-electron chi connectivity index (χ0n) is 14.5. The number of ether oxygens (including phenoxy) is 1. The molecule has 1 aromatic carbocycles. The van der Waals surface area contributed by atoms with Gasteiger partial charge < -0.3 is 14.1 Å². The van der Waals surface area contributed by atoms with Crippen LogP contribution in [0.3, 0.4) is 0 Å². The van der Waals surface area contributed by atoms with Gasteiger partial charge in [-0.25, -0.2) is 0 Å². The number of methoxy groups -OCH3 is 1. The molecular weight excluding hydrogens is 316 g/mol. The first kappa shape index (κ1) is 16.4. The normalized spacial score (nSPS) is 26.8. The van der Waals surface area contributed by atoms with Crippen molar-refractivity contribution in [3.63, 3.8) is 0 Å². The number of piperazine rings is 1. The van der Waals surface area contributed by atoms with Crippen molar-refractivity contribution in [1.29, 1.82) is 0 Å². The van der Waals surface area contributed by atoms with Crippen molar-refractivity contribution >= 4 is 5.91 Å². The van der Waals surface area contributed by atoms with Crippen molar-refractivity contribution in [2.75, 3.05) is 20.2 Å². The number of rotatable bonds is 5. The third kappa shape index (κ3) is 3.34. The third-order valence-electron chi connectivity index (χ3n) is 5.37. The lowest BCUT2D eigenvalue weighted by atomic mass is 9.99. The molecule has 0 spiro atoms. The van der Waals surface area contributed by atoms with E-state index >= 15 is 0 Å².